The van der Waals surface area contributed by atoms with Crippen LogP contribution in [0.2, 0.25) is 0 Å². The smallest absolute Gasteiger partial charge is 0.225 e. The summed E-state index contributed by atoms with van der Waals surface area (Å²) in [4.78, 5) is 0.142. The van der Waals surface area contributed by atoms with Gasteiger partial charge in [0.05, 0.1) is 9.79 Å². The molecule has 2 aromatic carbocycles. The number of nitrogens with two attached hydrogens (primary N) is 2. The van der Waals surface area contributed by atoms with Gasteiger partial charge in [-0.3, -0.25) is 0 Å². The second-order valence-electron chi connectivity index (χ2n) is 4.43. The third kappa shape index (κ3) is 5.88. The molecule has 2 rings (SSSR count). The Morgan fingerprint density at radius 2 is 0.875 bits per heavy atom. The Morgan fingerprint density at radius 1 is 0.625 bits per heavy atom. The van der Waals surface area contributed by atoms with E-state index in [0.717, 1.165) is 0 Å². The Bertz CT molecular complexity index is 908. The van der Waals surface area contributed by atoms with Gasteiger partial charge in [-0.15, -0.1) is 12.8 Å². The lowest BCUT2D eigenvalue weighted by molar-refractivity contribution is 0.596. The van der Waals surface area contributed by atoms with Gasteiger partial charge >= 0.3 is 0 Å². The number of sulfonamides is 2. The van der Waals surface area contributed by atoms with E-state index in [-0.39, 0.29) is 9.79 Å². The van der Waals surface area contributed by atoms with Crippen molar-refractivity contribution in [3.63, 3.8) is 0 Å². The summed E-state index contributed by atoms with van der Waals surface area (Å²) in [5.41, 5.74) is 1.25. The lowest BCUT2D eigenvalue weighted by Crippen LogP contribution is -2.11. The topological polar surface area (TPSA) is 120 Å². The zero-order valence-electron chi connectivity index (χ0n) is 12.4. The van der Waals surface area contributed by atoms with Gasteiger partial charge in [-0.1, -0.05) is 11.8 Å². The molecule has 0 saturated carbocycles. The summed E-state index contributed by atoms with van der Waals surface area (Å²) in [6.45, 7) is 0. The van der Waals surface area contributed by atoms with Crippen LogP contribution in [0.5, 0.6) is 0 Å². The van der Waals surface area contributed by atoms with Gasteiger partial charge in [0.25, 0.3) is 0 Å². The number of rotatable bonds is 2. The zero-order chi connectivity index (χ0) is 18.4. The molecule has 0 atom stereocenters. The number of hydrogen-bond donors (Lipinski definition) is 2. The predicted octanol–water partition coefficient (Wildman–Crippen LogP) is 0.631. The van der Waals surface area contributed by atoms with Gasteiger partial charge in [0, 0.05) is 11.1 Å². The van der Waals surface area contributed by atoms with Crippen LogP contribution in [0.1, 0.15) is 11.1 Å². The molecule has 0 aliphatic carbocycles. The molecule has 0 saturated heterocycles. The maximum Gasteiger partial charge on any atom is 0.238 e. The molecule has 24 heavy (non-hydrogen) atoms. The van der Waals surface area contributed by atoms with E-state index in [2.05, 4.69) is 11.8 Å². The predicted molar refractivity (Wildman–Crippen MR) is 91.5 cm³/mol. The van der Waals surface area contributed by atoms with Crippen LogP contribution < -0.4 is 10.3 Å². The third-order valence-corrected chi connectivity index (χ3v) is 4.56. The average Bonchev–Trinajstić information content (AvgIpc) is 2.54. The molecule has 0 aliphatic heterocycles. The van der Waals surface area contributed by atoms with Gasteiger partial charge in [-0.25, -0.2) is 27.1 Å². The van der Waals surface area contributed by atoms with E-state index in [1.807, 2.05) is 0 Å². The van der Waals surface area contributed by atoms with E-state index in [1.54, 1.807) is 0 Å². The maximum absolute atomic E-state index is 10.8. The van der Waals surface area contributed by atoms with Crippen molar-refractivity contribution >= 4 is 20.0 Å². The molecule has 0 unspecified atom stereocenters. The quantitative estimate of drug-likeness (QED) is 0.761. The first kappa shape index (κ1) is 19.4. The molecule has 8 heteroatoms. The minimum absolute atomic E-state index is 0.0708. The van der Waals surface area contributed by atoms with Gasteiger partial charge in [0.15, 0.2) is 0 Å². The molecule has 0 fully saturated rings. The van der Waals surface area contributed by atoms with Gasteiger partial charge in [0.1, 0.15) is 0 Å². The number of hydrogen-bond acceptors (Lipinski definition) is 4. The first-order chi connectivity index (χ1) is 11.1. The summed E-state index contributed by atoms with van der Waals surface area (Å²) in [7, 11) is -7.19. The minimum atomic E-state index is -3.60. The molecule has 0 radical (unpaired) electrons. The fourth-order valence-corrected chi connectivity index (χ4v) is 2.51. The Labute approximate surface area is 141 Å². The summed E-state index contributed by atoms with van der Waals surface area (Å²) in [5, 5.41) is 9.74. The van der Waals surface area contributed by atoms with Crippen molar-refractivity contribution in [2.75, 3.05) is 0 Å². The maximum atomic E-state index is 10.8. The highest BCUT2D eigenvalue weighted by Gasteiger charge is 2.06. The summed E-state index contributed by atoms with van der Waals surface area (Å²) in [5.74, 6) is 4.74. The van der Waals surface area contributed by atoms with Crippen molar-refractivity contribution in [2.45, 2.75) is 9.79 Å². The molecule has 4 N–H and O–H groups in total. The molecule has 0 aromatic heterocycles. The first-order valence-corrected chi connectivity index (χ1v) is 9.36. The summed E-state index contributed by atoms with van der Waals surface area (Å²) < 4.78 is 43.0. The molecule has 6 nitrogen and oxygen atoms in total. The van der Waals surface area contributed by atoms with E-state index in [4.69, 9.17) is 23.1 Å². The van der Waals surface area contributed by atoms with Gasteiger partial charge in [-0.05, 0) is 48.5 Å². The SMILES string of the molecule is C#Cc1ccc(S(N)(=O)=O)cc1.C#Cc1ccc(S(N)(=O)=O)cc1. The van der Waals surface area contributed by atoms with Gasteiger partial charge in [-0.2, -0.15) is 0 Å². The lowest BCUT2D eigenvalue weighted by atomic mass is 10.2. The molecule has 2 aromatic rings. The highest BCUT2D eigenvalue weighted by Crippen LogP contribution is 2.08. The van der Waals surface area contributed by atoms with Crippen molar-refractivity contribution in [3.05, 3.63) is 59.7 Å². The number of primary sulfonamides is 2. The molecule has 124 valence electrons. The summed E-state index contributed by atoms with van der Waals surface area (Å²) in [6.07, 6.45) is 10.2. The van der Waals surface area contributed by atoms with Crippen molar-refractivity contribution in [1.29, 1.82) is 0 Å². The van der Waals surface area contributed by atoms with Crippen LogP contribution in [-0.2, 0) is 20.0 Å². The second kappa shape index (κ2) is 7.77. The molecule has 0 amide bonds. The fraction of sp³-hybridized carbons (Fsp3) is 0. The van der Waals surface area contributed by atoms with Crippen LogP contribution in [0.25, 0.3) is 0 Å². The summed E-state index contributed by atoms with van der Waals surface area (Å²) in [6, 6.07) is 11.6. The Kier molecular flexibility index (Phi) is 6.29. The molecular weight excluding hydrogens is 348 g/mol. The number of benzene rings is 2. The van der Waals surface area contributed by atoms with E-state index in [1.165, 1.54) is 48.5 Å². The Balaban J connectivity index is 0.000000240. The van der Waals surface area contributed by atoms with Crippen molar-refractivity contribution < 1.29 is 16.8 Å². The van der Waals surface area contributed by atoms with Crippen LogP contribution in [0.4, 0.5) is 0 Å². The molecule has 0 heterocycles. The van der Waals surface area contributed by atoms with Crippen molar-refractivity contribution in [2.24, 2.45) is 10.3 Å². The zero-order valence-corrected chi connectivity index (χ0v) is 14.0. The van der Waals surface area contributed by atoms with Crippen LogP contribution >= 0.6 is 0 Å². The van der Waals surface area contributed by atoms with Crippen LogP contribution in [0, 0.1) is 24.7 Å². The lowest BCUT2D eigenvalue weighted by Gasteiger charge is -1.96. The second-order valence-corrected chi connectivity index (χ2v) is 7.55. The first-order valence-electron chi connectivity index (χ1n) is 6.27. The van der Waals surface area contributed by atoms with Gasteiger partial charge in [0.2, 0.25) is 20.0 Å². The largest absolute Gasteiger partial charge is 0.238 e. The molecule has 0 spiro atoms. The van der Waals surface area contributed by atoms with Crippen LogP contribution in [0.3, 0.4) is 0 Å². The fourth-order valence-electron chi connectivity index (χ4n) is 1.48. The van der Waals surface area contributed by atoms with E-state index >= 15 is 0 Å². The third-order valence-electron chi connectivity index (χ3n) is 2.70. The average molecular weight is 362 g/mol. The van der Waals surface area contributed by atoms with E-state index in [9.17, 15) is 16.8 Å². The highest BCUT2D eigenvalue weighted by molar-refractivity contribution is 7.89. The molecular formula is C16H14N2O4S2. The van der Waals surface area contributed by atoms with Crippen LogP contribution in [0.15, 0.2) is 58.3 Å². The minimum Gasteiger partial charge on any atom is -0.225 e. The summed E-state index contributed by atoms with van der Waals surface area (Å²) >= 11 is 0. The van der Waals surface area contributed by atoms with Crippen LogP contribution in [-0.4, -0.2) is 16.8 Å². The molecule has 0 aliphatic rings. The standard InChI is InChI=1S/2C8H7NO2S/c2*1-2-7-3-5-8(6-4-7)12(9,10)11/h2*1,3-6H,(H2,9,10,11). The van der Waals surface area contributed by atoms with Crippen molar-refractivity contribution in [1.82, 2.24) is 0 Å². The molecule has 0 bridgehead atoms. The van der Waals surface area contributed by atoms with E-state index < -0.39 is 20.0 Å². The van der Waals surface area contributed by atoms with Crippen molar-refractivity contribution in [3.8, 4) is 24.7 Å². The van der Waals surface area contributed by atoms with E-state index in [0.29, 0.717) is 11.1 Å². The monoisotopic (exact) mass is 362 g/mol. The Morgan fingerprint density at radius 3 is 1.04 bits per heavy atom. The van der Waals surface area contributed by atoms with Gasteiger partial charge < -0.3 is 0 Å². The number of terminal acetylenes is 2. The highest BCUT2D eigenvalue weighted by atomic mass is 32.2. The normalized spacial score (nSPS) is 10.7. The Hall–Kier alpha value is -2.62.